The van der Waals surface area contributed by atoms with Gasteiger partial charge in [0.25, 0.3) is 0 Å². The molecule has 2 aliphatic carbocycles. The summed E-state index contributed by atoms with van der Waals surface area (Å²) in [5.74, 6) is 1.77. The van der Waals surface area contributed by atoms with Crippen molar-refractivity contribution in [2.24, 2.45) is 11.3 Å². The molecule has 2 saturated carbocycles. The summed E-state index contributed by atoms with van der Waals surface area (Å²) in [5, 5.41) is 10.0. The number of halogens is 1. The number of fused-ring (bicyclic) bond motifs is 4. The van der Waals surface area contributed by atoms with Crippen molar-refractivity contribution in [2.45, 2.75) is 82.3 Å². The number of hydrogen-bond acceptors (Lipinski definition) is 2. The lowest BCUT2D eigenvalue weighted by molar-refractivity contribution is -0.0348. The maximum absolute atomic E-state index is 14.0. The molecule has 4 nitrogen and oxygen atoms in total. The normalized spacial score (nSPS) is 33.9. The van der Waals surface area contributed by atoms with Crippen molar-refractivity contribution in [2.75, 3.05) is 0 Å². The maximum atomic E-state index is 14.0. The van der Waals surface area contributed by atoms with Gasteiger partial charge in [-0.2, -0.15) is 5.10 Å². The molecule has 2 atom stereocenters. The van der Waals surface area contributed by atoms with E-state index in [1.54, 1.807) is 17.7 Å². The van der Waals surface area contributed by atoms with Gasteiger partial charge in [0.2, 0.25) is 0 Å². The van der Waals surface area contributed by atoms with Gasteiger partial charge in [0.15, 0.2) is 0 Å². The number of ether oxygens (including phenoxy) is 1. The second-order valence-electron chi connectivity index (χ2n) is 12.2. The molecular formula is C30H32FN3O. The third-order valence-corrected chi connectivity index (χ3v) is 9.70. The van der Waals surface area contributed by atoms with Gasteiger partial charge >= 0.3 is 0 Å². The molecule has 5 heteroatoms. The summed E-state index contributed by atoms with van der Waals surface area (Å²) in [7, 11) is 0. The fourth-order valence-electron chi connectivity index (χ4n) is 8.49. The molecule has 2 aliphatic heterocycles. The Morgan fingerprint density at radius 2 is 1.74 bits per heavy atom. The lowest BCUT2D eigenvalue weighted by atomic mass is 9.47. The fourth-order valence-corrected chi connectivity index (χ4v) is 8.49. The highest BCUT2D eigenvalue weighted by Gasteiger charge is 2.53. The van der Waals surface area contributed by atoms with Crippen molar-refractivity contribution in [3.63, 3.8) is 0 Å². The molecule has 2 aromatic carbocycles. The predicted molar refractivity (Wildman–Crippen MR) is 136 cm³/mol. The monoisotopic (exact) mass is 469 g/mol. The zero-order valence-corrected chi connectivity index (χ0v) is 20.3. The molecule has 4 fully saturated rings. The number of rotatable bonds is 3. The van der Waals surface area contributed by atoms with E-state index in [-0.39, 0.29) is 5.82 Å². The first kappa shape index (κ1) is 20.5. The maximum Gasteiger partial charge on any atom is 0.123 e. The van der Waals surface area contributed by atoms with Crippen molar-refractivity contribution < 1.29 is 9.13 Å². The minimum absolute atomic E-state index is 0.187. The predicted octanol–water partition coefficient (Wildman–Crippen LogP) is 7.36. The Balaban J connectivity index is 1.37. The van der Waals surface area contributed by atoms with Crippen LogP contribution in [0.2, 0.25) is 0 Å². The van der Waals surface area contributed by atoms with E-state index in [1.165, 1.54) is 55.1 Å². The molecule has 8 rings (SSSR count). The van der Waals surface area contributed by atoms with Gasteiger partial charge in [0, 0.05) is 28.1 Å². The quantitative estimate of drug-likeness (QED) is 0.340. The molecule has 2 saturated heterocycles. The molecule has 2 unspecified atom stereocenters. The van der Waals surface area contributed by atoms with E-state index >= 15 is 0 Å². The number of benzene rings is 2. The van der Waals surface area contributed by atoms with Gasteiger partial charge in [-0.15, -0.1) is 0 Å². The van der Waals surface area contributed by atoms with Crippen LogP contribution in [0.15, 0.2) is 42.6 Å². The van der Waals surface area contributed by atoms with Crippen LogP contribution in [0.3, 0.4) is 0 Å². The Morgan fingerprint density at radius 1 is 1.00 bits per heavy atom. The average Bonchev–Trinajstić information content (AvgIpc) is 3.49. The van der Waals surface area contributed by atoms with E-state index in [1.807, 2.05) is 18.3 Å². The molecule has 0 radical (unpaired) electrons. The summed E-state index contributed by atoms with van der Waals surface area (Å²) in [6.45, 7) is 2.40. The minimum atomic E-state index is -0.187. The second-order valence-corrected chi connectivity index (χ2v) is 12.2. The lowest BCUT2D eigenvalue weighted by Gasteiger charge is -2.57. The Labute approximate surface area is 204 Å². The molecule has 2 bridgehead atoms. The van der Waals surface area contributed by atoms with Crippen molar-refractivity contribution in [3.05, 3.63) is 59.7 Å². The summed E-state index contributed by atoms with van der Waals surface area (Å²) in [5.41, 5.74) is 7.00. The van der Waals surface area contributed by atoms with Crippen LogP contribution in [-0.2, 0) is 4.74 Å². The van der Waals surface area contributed by atoms with E-state index in [4.69, 9.17) is 4.74 Å². The standard InChI is InChI=1S/C30H32FN3O/c1-17-12-30(13-17)14-20(15-30)28-25-11-26-19(16-32-33-26)10-27(25)34(22-4-2-21(31)3-5-22)29(28)18-8-23-6-7-24(9-18)35-23/h2-5,10-11,16-18,20,23-24H,6-9,12-15H2,1H3,(H,32,33). The lowest BCUT2D eigenvalue weighted by Crippen LogP contribution is -2.45. The number of aromatic nitrogens is 3. The van der Waals surface area contributed by atoms with Crippen LogP contribution >= 0.6 is 0 Å². The molecule has 4 aliphatic rings. The van der Waals surface area contributed by atoms with Crippen molar-refractivity contribution in [1.82, 2.24) is 14.8 Å². The summed E-state index contributed by atoms with van der Waals surface area (Å²) >= 11 is 0. The van der Waals surface area contributed by atoms with Gasteiger partial charge in [0.05, 0.1) is 29.4 Å². The minimum Gasteiger partial charge on any atom is -0.375 e. The van der Waals surface area contributed by atoms with Gasteiger partial charge < -0.3 is 9.30 Å². The Kier molecular flexibility index (Phi) is 4.22. The zero-order chi connectivity index (χ0) is 23.3. The molecule has 35 heavy (non-hydrogen) atoms. The third kappa shape index (κ3) is 3.03. The first-order chi connectivity index (χ1) is 17.1. The van der Waals surface area contributed by atoms with Crippen LogP contribution in [0.25, 0.3) is 27.5 Å². The Morgan fingerprint density at radius 3 is 2.46 bits per heavy atom. The topological polar surface area (TPSA) is 42.8 Å². The van der Waals surface area contributed by atoms with Crippen molar-refractivity contribution >= 4 is 21.8 Å². The highest BCUT2D eigenvalue weighted by molar-refractivity contribution is 5.99. The molecule has 1 N–H and O–H groups in total. The molecular weight excluding hydrogens is 437 g/mol. The first-order valence-electron chi connectivity index (χ1n) is 13.5. The molecule has 4 heterocycles. The highest BCUT2D eigenvalue weighted by Crippen LogP contribution is 2.65. The molecule has 1 spiro atoms. The van der Waals surface area contributed by atoms with Gasteiger partial charge in [-0.05, 0) is 111 Å². The molecule has 4 aromatic rings. The Bertz CT molecular complexity index is 1420. The first-order valence-corrected chi connectivity index (χ1v) is 13.5. The van der Waals surface area contributed by atoms with E-state index in [0.717, 1.165) is 35.3 Å². The molecule has 0 amide bonds. The number of nitrogens with one attached hydrogen (secondary N) is 1. The van der Waals surface area contributed by atoms with Crippen LogP contribution in [0.4, 0.5) is 4.39 Å². The highest BCUT2D eigenvalue weighted by atomic mass is 19.1. The van der Waals surface area contributed by atoms with Crippen LogP contribution in [0.1, 0.15) is 81.4 Å². The summed E-state index contributed by atoms with van der Waals surface area (Å²) in [6.07, 6.45) is 12.6. The summed E-state index contributed by atoms with van der Waals surface area (Å²) < 4.78 is 22.7. The van der Waals surface area contributed by atoms with Crippen molar-refractivity contribution in [3.8, 4) is 5.69 Å². The van der Waals surface area contributed by atoms with Crippen molar-refractivity contribution in [1.29, 1.82) is 0 Å². The van der Waals surface area contributed by atoms with E-state index in [0.29, 0.717) is 29.5 Å². The van der Waals surface area contributed by atoms with Crippen LogP contribution in [0.5, 0.6) is 0 Å². The third-order valence-electron chi connectivity index (χ3n) is 9.70. The van der Waals surface area contributed by atoms with Gasteiger partial charge in [-0.3, -0.25) is 5.10 Å². The fraction of sp³-hybridized carbons (Fsp3) is 0.500. The second kappa shape index (κ2) is 7.19. The number of aromatic amines is 1. The Hall–Kier alpha value is -2.66. The van der Waals surface area contributed by atoms with Crippen LogP contribution < -0.4 is 0 Å². The number of hydrogen-bond donors (Lipinski definition) is 1. The van der Waals surface area contributed by atoms with Gasteiger partial charge in [-0.25, -0.2) is 4.39 Å². The SMILES string of the molecule is CC1CC2(C1)CC(c1c(C3CC4CCC(C3)O4)n(-c3ccc(F)cc3)c3cc4cn[nH]c4cc13)C2. The van der Waals surface area contributed by atoms with Crippen LogP contribution in [0, 0.1) is 17.2 Å². The summed E-state index contributed by atoms with van der Waals surface area (Å²) in [4.78, 5) is 0. The molecule has 180 valence electrons. The smallest absolute Gasteiger partial charge is 0.123 e. The molecule has 2 aromatic heterocycles. The van der Waals surface area contributed by atoms with Gasteiger partial charge in [-0.1, -0.05) is 6.92 Å². The largest absolute Gasteiger partial charge is 0.375 e. The van der Waals surface area contributed by atoms with E-state index in [2.05, 4.69) is 33.8 Å². The van der Waals surface area contributed by atoms with E-state index < -0.39 is 0 Å². The van der Waals surface area contributed by atoms with E-state index in [9.17, 15) is 4.39 Å². The van der Waals surface area contributed by atoms with Gasteiger partial charge in [0.1, 0.15) is 5.82 Å². The summed E-state index contributed by atoms with van der Waals surface area (Å²) in [6, 6.07) is 11.7. The zero-order valence-electron chi connectivity index (χ0n) is 20.3. The van der Waals surface area contributed by atoms with Crippen LogP contribution in [-0.4, -0.2) is 27.0 Å². The number of nitrogens with zero attached hydrogens (tertiary/aromatic N) is 2. The average molecular weight is 470 g/mol. The number of H-pyrrole nitrogens is 1.